The Morgan fingerprint density at radius 3 is 2.46 bits per heavy atom. The fourth-order valence-corrected chi connectivity index (χ4v) is 7.28. The molecular formula is C37H37IN2O9S. The number of aryl methyl sites for hydroxylation is 1. The van der Waals surface area contributed by atoms with Gasteiger partial charge >= 0.3 is 11.9 Å². The van der Waals surface area contributed by atoms with Crippen LogP contribution in [0.2, 0.25) is 0 Å². The molecule has 0 saturated carbocycles. The number of hydrogen-bond donors (Lipinski definition) is 0. The predicted octanol–water partition coefficient (Wildman–Crippen LogP) is 5.25. The number of allylic oxidation sites excluding steroid dienone is 1. The summed E-state index contributed by atoms with van der Waals surface area (Å²) in [5.74, 6) is 0.634. The van der Waals surface area contributed by atoms with E-state index in [4.69, 9.17) is 28.4 Å². The van der Waals surface area contributed by atoms with Crippen molar-refractivity contribution in [3.05, 3.63) is 111 Å². The molecular weight excluding hydrogens is 775 g/mol. The first-order valence-corrected chi connectivity index (χ1v) is 17.7. The standard InChI is InChI=1S/C37H37IN2O9S/c1-7-46-28-18-25(12-13-27(28)48-20-31(41)45-6)33-32(36(43)47-8-2)22(4)39-37-40(33)35(42)30(50-37)17-24-15-26(38)34(29(16-24)44-5)49-19-23-11-9-10-21(3)14-23/h9-18,33H,7-8,19-20H2,1-6H3/b30-17-/t33-/m1/s1. The van der Waals surface area contributed by atoms with Gasteiger partial charge in [0.2, 0.25) is 0 Å². The highest BCUT2D eigenvalue weighted by molar-refractivity contribution is 14.1. The van der Waals surface area contributed by atoms with Gasteiger partial charge in [-0.15, -0.1) is 0 Å². The van der Waals surface area contributed by atoms with E-state index >= 15 is 0 Å². The van der Waals surface area contributed by atoms with Crippen molar-refractivity contribution >= 4 is 51.9 Å². The zero-order chi connectivity index (χ0) is 35.9. The van der Waals surface area contributed by atoms with Crippen LogP contribution in [-0.4, -0.2) is 50.5 Å². The van der Waals surface area contributed by atoms with Crippen molar-refractivity contribution < 1.29 is 38.0 Å². The van der Waals surface area contributed by atoms with Crippen LogP contribution in [0.5, 0.6) is 23.0 Å². The van der Waals surface area contributed by atoms with Gasteiger partial charge in [-0.2, -0.15) is 0 Å². The van der Waals surface area contributed by atoms with Gasteiger partial charge < -0.3 is 28.4 Å². The van der Waals surface area contributed by atoms with Gasteiger partial charge in [0, 0.05) is 0 Å². The molecule has 1 aliphatic rings. The fourth-order valence-electron chi connectivity index (χ4n) is 5.46. The molecule has 0 saturated heterocycles. The van der Waals surface area contributed by atoms with E-state index in [0.29, 0.717) is 56.8 Å². The lowest BCUT2D eigenvalue weighted by atomic mass is 9.95. The molecule has 0 aliphatic carbocycles. The molecule has 1 aromatic heterocycles. The van der Waals surface area contributed by atoms with Crippen LogP contribution >= 0.6 is 33.9 Å². The zero-order valence-corrected chi connectivity index (χ0v) is 31.5. The Kier molecular flexibility index (Phi) is 12.0. The molecule has 2 heterocycles. The third-order valence-electron chi connectivity index (χ3n) is 7.69. The molecule has 13 heteroatoms. The maximum Gasteiger partial charge on any atom is 0.343 e. The van der Waals surface area contributed by atoms with Gasteiger partial charge in [-0.25, -0.2) is 14.6 Å². The summed E-state index contributed by atoms with van der Waals surface area (Å²) in [5, 5.41) is 0. The van der Waals surface area contributed by atoms with E-state index in [2.05, 4.69) is 33.6 Å². The second-order valence-electron chi connectivity index (χ2n) is 11.1. The minimum Gasteiger partial charge on any atom is -0.493 e. The molecule has 4 aromatic rings. The second kappa shape index (κ2) is 16.4. The van der Waals surface area contributed by atoms with Gasteiger partial charge in [0.05, 0.1) is 52.8 Å². The lowest BCUT2D eigenvalue weighted by molar-refractivity contribution is -0.143. The Morgan fingerprint density at radius 1 is 0.960 bits per heavy atom. The van der Waals surface area contributed by atoms with Crippen LogP contribution in [-0.2, 0) is 25.7 Å². The highest BCUT2D eigenvalue weighted by Crippen LogP contribution is 2.37. The van der Waals surface area contributed by atoms with Crippen LogP contribution in [0.1, 0.15) is 49.1 Å². The third kappa shape index (κ3) is 8.05. The maximum absolute atomic E-state index is 14.3. The van der Waals surface area contributed by atoms with Crippen LogP contribution in [0.3, 0.4) is 0 Å². The Bertz CT molecular complexity index is 2140. The third-order valence-corrected chi connectivity index (χ3v) is 9.47. The van der Waals surface area contributed by atoms with Crippen molar-refractivity contribution in [2.45, 2.75) is 40.3 Å². The van der Waals surface area contributed by atoms with Gasteiger partial charge in [0.1, 0.15) is 6.61 Å². The van der Waals surface area contributed by atoms with Crippen LogP contribution in [0.15, 0.2) is 75.7 Å². The van der Waals surface area contributed by atoms with Gasteiger partial charge in [-0.05, 0) is 97.3 Å². The number of rotatable bonds is 13. The number of methoxy groups -OCH3 is 2. The van der Waals surface area contributed by atoms with Crippen molar-refractivity contribution in [2.24, 2.45) is 4.99 Å². The quantitative estimate of drug-likeness (QED) is 0.132. The Hall–Kier alpha value is -4.63. The highest BCUT2D eigenvalue weighted by Gasteiger charge is 2.34. The topological polar surface area (TPSA) is 124 Å². The van der Waals surface area contributed by atoms with Crippen molar-refractivity contribution in [3.63, 3.8) is 0 Å². The Balaban J connectivity index is 1.58. The summed E-state index contributed by atoms with van der Waals surface area (Å²) in [5.41, 5.74) is 3.79. The molecule has 0 amide bonds. The number of hydrogen-bond acceptors (Lipinski definition) is 11. The molecule has 5 rings (SSSR count). The van der Waals surface area contributed by atoms with Crippen molar-refractivity contribution in [1.82, 2.24) is 4.57 Å². The van der Waals surface area contributed by atoms with Gasteiger partial charge in [0.25, 0.3) is 5.56 Å². The zero-order valence-electron chi connectivity index (χ0n) is 28.5. The number of ether oxygens (including phenoxy) is 6. The highest BCUT2D eigenvalue weighted by atomic mass is 127. The minimum atomic E-state index is -0.881. The van der Waals surface area contributed by atoms with E-state index in [-0.39, 0.29) is 24.3 Å². The predicted molar refractivity (Wildman–Crippen MR) is 197 cm³/mol. The molecule has 0 N–H and O–H groups in total. The molecule has 3 aromatic carbocycles. The van der Waals surface area contributed by atoms with E-state index in [1.807, 2.05) is 44.2 Å². The van der Waals surface area contributed by atoms with Crippen LogP contribution in [0, 0.1) is 10.5 Å². The van der Waals surface area contributed by atoms with E-state index in [0.717, 1.165) is 20.3 Å². The lowest BCUT2D eigenvalue weighted by Gasteiger charge is -2.25. The number of halogens is 1. The van der Waals surface area contributed by atoms with Crippen molar-refractivity contribution in [2.75, 3.05) is 34.0 Å². The fraction of sp³-hybridized carbons (Fsp3) is 0.297. The van der Waals surface area contributed by atoms with Crippen LogP contribution in [0.25, 0.3) is 6.08 Å². The number of benzene rings is 3. The average Bonchev–Trinajstić information content (AvgIpc) is 3.39. The summed E-state index contributed by atoms with van der Waals surface area (Å²) >= 11 is 3.41. The summed E-state index contributed by atoms with van der Waals surface area (Å²) in [6, 6.07) is 16.0. The summed E-state index contributed by atoms with van der Waals surface area (Å²) in [4.78, 5) is 44.5. The Morgan fingerprint density at radius 2 is 1.76 bits per heavy atom. The molecule has 0 unspecified atom stereocenters. The summed E-state index contributed by atoms with van der Waals surface area (Å²) < 4.78 is 36.2. The van der Waals surface area contributed by atoms with Gasteiger partial charge in [-0.1, -0.05) is 47.2 Å². The number of carbonyl (C=O) groups is 2. The van der Waals surface area contributed by atoms with E-state index in [1.165, 1.54) is 23.0 Å². The molecule has 1 atom stereocenters. The first kappa shape index (κ1) is 36.6. The van der Waals surface area contributed by atoms with E-state index < -0.39 is 18.0 Å². The van der Waals surface area contributed by atoms with E-state index in [9.17, 15) is 14.4 Å². The SMILES string of the molecule is CCOC(=O)C1=C(C)N=c2s/c(=C\c3cc(I)c(OCc4cccc(C)c4)c(OC)c3)c(=O)n2[C@@H]1c1ccc(OCC(=O)OC)c(OCC)c1. The van der Waals surface area contributed by atoms with Crippen LogP contribution < -0.4 is 33.8 Å². The lowest BCUT2D eigenvalue weighted by Crippen LogP contribution is -2.40. The molecule has 0 radical (unpaired) electrons. The molecule has 1 aliphatic heterocycles. The summed E-state index contributed by atoms with van der Waals surface area (Å²) in [7, 11) is 2.85. The first-order chi connectivity index (χ1) is 24.1. The average molecular weight is 813 g/mol. The molecule has 0 bridgehead atoms. The smallest absolute Gasteiger partial charge is 0.343 e. The molecule has 0 spiro atoms. The first-order valence-electron chi connectivity index (χ1n) is 15.8. The second-order valence-corrected chi connectivity index (χ2v) is 13.3. The summed E-state index contributed by atoms with van der Waals surface area (Å²) in [6.45, 7) is 7.78. The summed E-state index contributed by atoms with van der Waals surface area (Å²) in [6.07, 6.45) is 1.77. The van der Waals surface area contributed by atoms with Crippen molar-refractivity contribution in [1.29, 1.82) is 0 Å². The van der Waals surface area contributed by atoms with Gasteiger partial charge in [0.15, 0.2) is 34.4 Å². The number of aromatic nitrogens is 1. The maximum atomic E-state index is 14.3. The number of fused-ring (bicyclic) bond motifs is 1. The van der Waals surface area contributed by atoms with Gasteiger partial charge in [-0.3, -0.25) is 9.36 Å². The Labute approximate surface area is 306 Å². The monoisotopic (exact) mass is 812 g/mol. The number of esters is 2. The van der Waals surface area contributed by atoms with Crippen molar-refractivity contribution in [3.8, 4) is 23.0 Å². The normalized spacial score (nSPS) is 14.1. The minimum absolute atomic E-state index is 0.141. The molecule has 50 heavy (non-hydrogen) atoms. The number of thiazole rings is 1. The molecule has 262 valence electrons. The van der Waals surface area contributed by atoms with Crippen LogP contribution in [0.4, 0.5) is 0 Å². The number of carbonyl (C=O) groups excluding carboxylic acids is 2. The number of nitrogens with zero attached hydrogens (tertiary/aromatic N) is 2. The van der Waals surface area contributed by atoms with E-state index in [1.54, 1.807) is 45.2 Å². The molecule has 0 fully saturated rings. The largest absolute Gasteiger partial charge is 0.493 e. The molecule has 11 nitrogen and oxygen atoms in total.